The second-order valence-corrected chi connectivity index (χ2v) is 19.9. The van der Waals surface area contributed by atoms with E-state index in [4.69, 9.17) is 33.5 Å². The van der Waals surface area contributed by atoms with Crippen LogP contribution in [0.25, 0.3) is 11.3 Å². The van der Waals surface area contributed by atoms with Crippen molar-refractivity contribution in [2.45, 2.75) is 71.0 Å². The zero-order valence-corrected chi connectivity index (χ0v) is 44.6. The molecule has 0 saturated carbocycles. The van der Waals surface area contributed by atoms with E-state index in [0.29, 0.717) is 101 Å². The van der Waals surface area contributed by atoms with Gasteiger partial charge in [-0.3, -0.25) is 24.0 Å². The van der Waals surface area contributed by atoms with Gasteiger partial charge in [-0.15, -0.1) is 10.2 Å². The van der Waals surface area contributed by atoms with Crippen molar-refractivity contribution in [1.82, 2.24) is 54.8 Å². The Kier molecular flexibility index (Phi) is 16.5. The summed E-state index contributed by atoms with van der Waals surface area (Å²) in [5.41, 5.74) is 2.48. The van der Waals surface area contributed by atoms with Crippen molar-refractivity contribution < 1.29 is 57.3 Å². The molecule has 10 rings (SSSR count). The SMILES string of the molecule is C[C@@H]1CN(c2ncc(-c3ccc4c(n3)N(Cc3cccnc3C#N)C(C)(C)C4=O)cn2)CCN1C(=O)Cn1cc(COCCOCCOCC(=O)N2CC(Oc3cccc(Oc4ccc(C(=O)ON5C(=O)CCC5=O)cn4)c3)C2)nn1. The lowest BCUT2D eigenvalue weighted by molar-refractivity contribution is -0.172. The number of carbonyl (C=O) groups is 6. The summed E-state index contributed by atoms with van der Waals surface area (Å²) in [6.45, 7) is 9.36. The predicted octanol–water partition coefficient (Wildman–Crippen LogP) is 3.36. The number of imide groups is 1. The molecule has 5 aromatic heterocycles. The van der Waals surface area contributed by atoms with Gasteiger partial charge in [-0.2, -0.15) is 5.26 Å². The Morgan fingerprint density at radius 1 is 0.815 bits per heavy atom. The Bertz CT molecular complexity index is 3350. The quantitative estimate of drug-likeness (QED) is 0.0695. The third kappa shape index (κ3) is 12.8. The van der Waals surface area contributed by atoms with E-state index in [9.17, 15) is 34.0 Å². The summed E-state index contributed by atoms with van der Waals surface area (Å²) in [6, 6.07) is 18.9. The number of ketones is 1. The van der Waals surface area contributed by atoms with Gasteiger partial charge in [0, 0.05) is 93.1 Å². The van der Waals surface area contributed by atoms with Crippen LogP contribution in [0.5, 0.6) is 17.4 Å². The first-order valence-electron chi connectivity index (χ1n) is 26.1. The van der Waals surface area contributed by atoms with Gasteiger partial charge in [-0.05, 0) is 57.2 Å². The fourth-order valence-electron chi connectivity index (χ4n) is 9.42. The van der Waals surface area contributed by atoms with Gasteiger partial charge >= 0.3 is 5.97 Å². The summed E-state index contributed by atoms with van der Waals surface area (Å²) in [5, 5.41) is 18.4. The number of anilines is 2. The molecular formula is C55H56N14O12. The van der Waals surface area contributed by atoms with Gasteiger partial charge in [0.2, 0.25) is 23.6 Å². The highest BCUT2D eigenvalue weighted by molar-refractivity contribution is 6.13. The Morgan fingerprint density at radius 3 is 2.33 bits per heavy atom. The molecule has 1 aromatic carbocycles. The zero-order valence-electron chi connectivity index (χ0n) is 44.6. The van der Waals surface area contributed by atoms with E-state index in [1.54, 1.807) is 72.2 Å². The topological polar surface area (TPSA) is 293 Å². The molecule has 0 aliphatic carbocycles. The van der Waals surface area contributed by atoms with Crippen LogP contribution >= 0.6 is 0 Å². The van der Waals surface area contributed by atoms with Crippen LogP contribution in [0.4, 0.5) is 11.8 Å². The molecule has 418 valence electrons. The molecule has 1 atom stereocenters. The lowest BCUT2D eigenvalue weighted by atomic mass is 9.97. The maximum absolute atomic E-state index is 13.5. The molecule has 81 heavy (non-hydrogen) atoms. The van der Waals surface area contributed by atoms with E-state index in [2.05, 4.69) is 36.3 Å². The van der Waals surface area contributed by atoms with E-state index < -0.39 is 23.3 Å². The number of fused-ring (bicyclic) bond motifs is 1. The molecule has 6 aromatic rings. The number of carbonyl (C=O) groups excluding carboxylic acids is 6. The highest BCUT2D eigenvalue weighted by Gasteiger charge is 2.45. The van der Waals surface area contributed by atoms with Crippen LogP contribution in [0.1, 0.15) is 71.3 Å². The summed E-state index contributed by atoms with van der Waals surface area (Å²) >= 11 is 0. The van der Waals surface area contributed by atoms with Crippen molar-refractivity contribution in [2.75, 3.05) is 75.6 Å². The van der Waals surface area contributed by atoms with Gasteiger partial charge < -0.3 is 48.1 Å². The number of hydrogen-bond donors (Lipinski definition) is 0. The standard InChI is InChI=1S/C55H56N14O12/c1-35-27-64(54-59-25-38(26-60-54)44-11-10-43-51(74)55(2,3)68(52(43)61-44)28-37-6-5-15-57-45(37)23-56)16-17-67(35)49(72)32-66-29-39(62-63-66)33-77-20-18-76-19-21-78-34-50(73)65-30-42(31-65)79-40-7-4-8-41(22-40)80-46-12-9-36(24-58-46)53(75)81-69-47(70)13-14-48(69)71/h4-12,15,22,24-26,29,35,42H,13-14,16-21,27-28,30-34H2,1-3H3/t35-/m1/s1. The number of aromatic nitrogens is 8. The summed E-state index contributed by atoms with van der Waals surface area (Å²) in [4.78, 5) is 110. The first kappa shape index (κ1) is 55.0. The van der Waals surface area contributed by atoms with Gasteiger partial charge in [0.1, 0.15) is 54.0 Å². The maximum Gasteiger partial charge on any atom is 0.365 e. The molecule has 0 unspecified atom stereocenters. The number of nitriles is 1. The van der Waals surface area contributed by atoms with E-state index in [1.807, 2.05) is 41.5 Å². The molecule has 3 fully saturated rings. The Labute approximate surface area is 464 Å². The largest absolute Gasteiger partial charge is 0.487 e. The van der Waals surface area contributed by atoms with E-state index >= 15 is 0 Å². The molecule has 26 heteroatoms. The summed E-state index contributed by atoms with van der Waals surface area (Å²) in [5.74, 6) is -0.209. The molecular weight excluding hydrogens is 1050 g/mol. The van der Waals surface area contributed by atoms with Gasteiger partial charge in [-0.1, -0.05) is 17.3 Å². The number of benzene rings is 1. The van der Waals surface area contributed by atoms with Crippen molar-refractivity contribution >= 4 is 47.1 Å². The lowest BCUT2D eigenvalue weighted by Gasteiger charge is -2.39. The zero-order chi connectivity index (χ0) is 56.6. The molecule has 4 aliphatic heterocycles. The first-order chi connectivity index (χ1) is 39.2. The van der Waals surface area contributed by atoms with E-state index in [1.165, 1.54) is 23.0 Å². The minimum atomic E-state index is -0.897. The van der Waals surface area contributed by atoms with Crippen molar-refractivity contribution in [1.29, 1.82) is 5.26 Å². The van der Waals surface area contributed by atoms with Crippen molar-refractivity contribution in [3.8, 4) is 34.7 Å². The van der Waals surface area contributed by atoms with Crippen LogP contribution in [-0.4, -0.2) is 174 Å². The number of hydroxylamine groups is 2. The van der Waals surface area contributed by atoms with Gasteiger partial charge in [-0.25, -0.2) is 34.4 Å². The normalized spacial score (nSPS) is 16.8. The third-order valence-corrected chi connectivity index (χ3v) is 13.9. The lowest BCUT2D eigenvalue weighted by Crippen LogP contribution is -2.57. The molecule has 0 radical (unpaired) electrons. The Morgan fingerprint density at radius 2 is 1.58 bits per heavy atom. The van der Waals surface area contributed by atoms with Crippen molar-refractivity contribution in [2.24, 2.45) is 0 Å². The van der Waals surface area contributed by atoms with Crippen LogP contribution in [0.2, 0.25) is 0 Å². The van der Waals surface area contributed by atoms with Crippen molar-refractivity contribution in [3.63, 3.8) is 0 Å². The molecule has 26 nitrogen and oxygen atoms in total. The van der Waals surface area contributed by atoms with Gasteiger partial charge in [0.05, 0.1) is 74.7 Å². The summed E-state index contributed by atoms with van der Waals surface area (Å²) < 4.78 is 30.1. The number of nitrogens with zero attached hydrogens (tertiary/aromatic N) is 14. The summed E-state index contributed by atoms with van der Waals surface area (Å²) in [6.07, 6.45) is 7.62. The van der Waals surface area contributed by atoms with Gasteiger partial charge in [0.25, 0.3) is 11.8 Å². The van der Waals surface area contributed by atoms with Gasteiger partial charge in [0.15, 0.2) is 5.78 Å². The fourth-order valence-corrected chi connectivity index (χ4v) is 9.42. The average Bonchev–Trinajstić information content (AvgIpc) is 4.30. The third-order valence-electron chi connectivity index (χ3n) is 13.9. The highest BCUT2D eigenvalue weighted by Crippen LogP contribution is 2.40. The number of rotatable bonds is 22. The van der Waals surface area contributed by atoms with Crippen molar-refractivity contribution in [3.05, 3.63) is 120 Å². The first-order valence-corrected chi connectivity index (χ1v) is 26.1. The predicted molar refractivity (Wildman–Crippen MR) is 282 cm³/mol. The number of ether oxygens (including phenoxy) is 5. The number of piperazine rings is 1. The molecule has 0 spiro atoms. The average molecular weight is 1110 g/mol. The number of pyridine rings is 3. The maximum atomic E-state index is 13.5. The molecule has 9 heterocycles. The Balaban J connectivity index is 0.576. The molecule has 0 N–H and O–H groups in total. The number of hydrogen-bond acceptors (Lipinski definition) is 22. The van der Waals surface area contributed by atoms with Crippen LogP contribution in [0.15, 0.2) is 91.6 Å². The number of Topliss-reactive ketones (excluding diaryl/α,β-unsaturated/α-hetero) is 1. The number of likely N-dealkylation sites (tertiary alicyclic amines) is 1. The van der Waals surface area contributed by atoms with Crippen LogP contribution in [0.3, 0.4) is 0 Å². The van der Waals surface area contributed by atoms with Crippen LogP contribution in [0, 0.1) is 11.3 Å². The fraction of sp³-hybridized carbons (Fsp3) is 0.382. The molecule has 0 bridgehead atoms. The van der Waals surface area contributed by atoms with E-state index in [0.717, 1.165) is 0 Å². The van der Waals surface area contributed by atoms with Crippen LogP contribution < -0.4 is 19.3 Å². The Hall–Kier alpha value is -9.32. The molecule has 4 aliphatic rings. The molecule has 4 amide bonds. The second kappa shape index (κ2) is 24.4. The minimum Gasteiger partial charge on any atom is -0.487 e. The monoisotopic (exact) mass is 1100 g/mol. The minimum absolute atomic E-state index is 0.00972. The van der Waals surface area contributed by atoms with E-state index in [-0.39, 0.29) is 100 Å². The van der Waals surface area contributed by atoms with Crippen LogP contribution in [-0.2, 0) is 57.9 Å². The smallest absolute Gasteiger partial charge is 0.365 e. The highest BCUT2D eigenvalue weighted by atomic mass is 16.7. The second-order valence-electron chi connectivity index (χ2n) is 19.9. The summed E-state index contributed by atoms with van der Waals surface area (Å²) in [7, 11) is 0. The molecule has 3 saturated heterocycles. The number of amides is 4.